The molecule has 0 aliphatic heterocycles. The molecule has 0 spiro atoms. The number of amides is 2. The van der Waals surface area contributed by atoms with Gasteiger partial charge in [0.1, 0.15) is 0 Å². The van der Waals surface area contributed by atoms with Gasteiger partial charge in [-0.1, -0.05) is 25.4 Å². The number of carbonyl (C=O) groups excluding carboxylic acids is 2. The highest BCUT2D eigenvalue weighted by atomic mass is 35.5. The minimum Gasteiger partial charge on any atom is -0.352 e. The third kappa shape index (κ3) is 6.80. The second-order valence-electron chi connectivity index (χ2n) is 5.97. The Hall–Kier alpha value is -1.98. The van der Waals surface area contributed by atoms with E-state index in [0.717, 1.165) is 4.90 Å². The quantitative estimate of drug-likeness (QED) is 0.701. The van der Waals surface area contributed by atoms with E-state index < -0.39 is 0 Å². The molecule has 0 saturated heterocycles. The molecule has 2 N–H and O–H groups in total. The van der Waals surface area contributed by atoms with Crippen LogP contribution in [-0.2, 0) is 4.79 Å². The van der Waals surface area contributed by atoms with Crippen molar-refractivity contribution >= 4 is 40.9 Å². The fourth-order valence-electron chi connectivity index (χ4n) is 1.98. The molecule has 0 fully saturated rings. The lowest BCUT2D eigenvalue weighted by Crippen LogP contribution is -2.27. The fraction of sp³-hybridized carbons (Fsp3) is 0.263. The van der Waals surface area contributed by atoms with Crippen LogP contribution in [0.15, 0.2) is 53.4 Å². The average molecular weight is 377 g/mol. The van der Waals surface area contributed by atoms with Crippen LogP contribution in [0.5, 0.6) is 0 Å². The summed E-state index contributed by atoms with van der Waals surface area (Å²) in [5.74, 6) is 0.501. The topological polar surface area (TPSA) is 58.2 Å². The first kappa shape index (κ1) is 19.3. The highest BCUT2D eigenvalue weighted by Crippen LogP contribution is 2.20. The smallest absolute Gasteiger partial charge is 0.251 e. The van der Waals surface area contributed by atoms with Gasteiger partial charge in [-0.25, -0.2) is 0 Å². The molecule has 2 rings (SSSR count). The molecule has 0 unspecified atom stereocenters. The average Bonchev–Trinajstić information content (AvgIpc) is 2.60. The molecule has 6 heteroatoms. The monoisotopic (exact) mass is 376 g/mol. The SMILES string of the molecule is CC(C)CNC(=O)c1ccc(NC(=O)CSc2ccc(Cl)cc2)cc1. The van der Waals surface area contributed by atoms with Gasteiger partial charge in [0.25, 0.3) is 5.91 Å². The molecule has 0 saturated carbocycles. The summed E-state index contributed by atoms with van der Waals surface area (Å²) in [6.07, 6.45) is 0. The molecule has 2 aromatic rings. The number of hydrogen-bond acceptors (Lipinski definition) is 3. The first-order valence-electron chi connectivity index (χ1n) is 8.00. The summed E-state index contributed by atoms with van der Waals surface area (Å²) < 4.78 is 0. The number of thioether (sulfide) groups is 1. The number of anilines is 1. The van der Waals surface area contributed by atoms with Gasteiger partial charge < -0.3 is 10.6 Å². The van der Waals surface area contributed by atoms with Crippen LogP contribution in [0.1, 0.15) is 24.2 Å². The maximum Gasteiger partial charge on any atom is 0.251 e. The summed E-state index contributed by atoms with van der Waals surface area (Å²) in [4.78, 5) is 24.9. The van der Waals surface area contributed by atoms with Crippen LogP contribution in [0.3, 0.4) is 0 Å². The summed E-state index contributed by atoms with van der Waals surface area (Å²) in [6.45, 7) is 4.72. The third-order valence-corrected chi connectivity index (χ3v) is 4.55. The van der Waals surface area contributed by atoms with Crippen molar-refractivity contribution in [2.24, 2.45) is 5.92 Å². The zero-order chi connectivity index (χ0) is 18.2. The molecule has 132 valence electrons. The second kappa shape index (κ2) is 9.49. The molecule has 0 aliphatic carbocycles. The Kier molecular flexibility index (Phi) is 7.34. The lowest BCUT2D eigenvalue weighted by molar-refractivity contribution is -0.113. The van der Waals surface area contributed by atoms with Crippen molar-refractivity contribution in [1.82, 2.24) is 5.32 Å². The Morgan fingerprint density at radius 3 is 2.28 bits per heavy atom. The molecule has 0 bridgehead atoms. The summed E-state index contributed by atoms with van der Waals surface area (Å²) in [5, 5.41) is 6.36. The molecule has 25 heavy (non-hydrogen) atoms. The van der Waals surface area contributed by atoms with Crippen molar-refractivity contribution in [3.05, 3.63) is 59.1 Å². The number of carbonyl (C=O) groups is 2. The number of rotatable bonds is 7. The lowest BCUT2D eigenvalue weighted by Gasteiger charge is -2.09. The molecule has 2 amide bonds. The van der Waals surface area contributed by atoms with Crippen LogP contribution < -0.4 is 10.6 Å². The number of nitrogens with one attached hydrogen (secondary N) is 2. The van der Waals surface area contributed by atoms with E-state index in [-0.39, 0.29) is 11.8 Å². The summed E-state index contributed by atoms with van der Waals surface area (Å²) >= 11 is 7.27. The fourth-order valence-corrected chi connectivity index (χ4v) is 2.81. The third-order valence-electron chi connectivity index (χ3n) is 3.29. The zero-order valence-corrected chi connectivity index (χ0v) is 15.8. The van der Waals surface area contributed by atoms with Crippen LogP contribution in [0, 0.1) is 5.92 Å². The highest BCUT2D eigenvalue weighted by Gasteiger charge is 2.07. The standard InChI is InChI=1S/C19H21ClN2O2S/c1-13(2)11-21-19(24)14-3-7-16(8-4-14)22-18(23)12-25-17-9-5-15(20)6-10-17/h3-10,13H,11-12H2,1-2H3,(H,21,24)(H,22,23). The van der Waals surface area contributed by atoms with Crippen LogP contribution in [0.4, 0.5) is 5.69 Å². The van der Waals surface area contributed by atoms with Crippen LogP contribution in [0.25, 0.3) is 0 Å². The Bertz CT molecular complexity index is 715. The van der Waals surface area contributed by atoms with Gasteiger partial charge in [0.05, 0.1) is 5.75 Å². The van der Waals surface area contributed by atoms with Gasteiger partial charge >= 0.3 is 0 Å². The van der Waals surface area contributed by atoms with Crippen LogP contribution in [0.2, 0.25) is 5.02 Å². The first-order valence-corrected chi connectivity index (χ1v) is 9.37. The predicted molar refractivity (Wildman–Crippen MR) is 104 cm³/mol. The maximum absolute atomic E-state index is 12.0. The van der Waals surface area contributed by atoms with Gasteiger partial charge in [-0.15, -0.1) is 11.8 Å². The number of halogens is 1. The molecule has 0 atom stereocenters. The summed E-state index contributed by atoms with van der Waals surface area (Å²) in [6, 6.07) is 14.2. The maximum atomic E-state index is 12.0. The van der Waals surface area contributed by atoms with Crippen molar-refractivity contribution in [3.8, 4) is 0 Å². The van der Waals surface area contributed by atoms with Crippen molar-refractivity contribution in [2.45, 2.75) is 18.7 Å². The van der Waals surface area contributed by atoms with E-state index in [0.29, 0.717) is 34.5 Å². The molecular formula is C19H21ClN2O2S. The minimum atomic E-state index is -0.107. The molecule has 0 aromatic heterocycles. The van der Waals surface area contributed by atoms with Gasteiger partial charge in [0.2, 0.25) is 5.91 Å². The number of benzene rings is 2. The molecule has 0 heterocycles. The van der Waals surface area contributed by atoms with E-state index in [9.17, 15) is 9.59 Å². The molecule has 4 nitrogen and oxygen atoms in total. The second-order valence-corrected chi connectivity index (χ2v) is 7.46. The highest BCUT2D eigenvalue weighted by molar-refractivity contribution is 8.00. The van der Waals surface area contributed by atoms with E-state index in [1.165, 1.54) is 11.8 Å². The van der Waals surface area contributed by atoms with Gasteiger partial charge in [-0.2, -0.15) is 0 Å². The first-order chi connectivity index (χ1) is 11.9. The lowest BCUT2D eigenvalue weighted by atomic mass is 10.1. The summed E-state index contributed by atoms with van der Waals surface area (Å²) in [7, 11) is 0. The van der Waals surface area contributed by atoms with Gasteiger partial charge in [0.15, 0.2) is 0 Å². The van der Waals surface area contributed by atoms with Gasteiger partial charge in [-0.05, 0) is 54.4 Å². The molecule has 2 aromatic carbocycles. The Morgan fingerprint density at radius 2 is 1.68 bits per heavy atom. The molecule has 0 aliphatic rings. The van der Waals surface area contributed by atoms with E-state index in [1.807, 2.05) is 26.0 Å². The summed E-state index contributed by atoms with van der Waals surface area (Å²) in [5.41, 5.74) is 1.25. The van der Waals surface area contributed by atoms with Gasteiger partial charge in [-0.3, -0.25) is 9.59 Å². The van der Waals surface area contributed by atoms with E-state index >= 15 is 0 Å². The Balaban J connectivity index is 1.82. The van der Waals surface area contributed by atoms with Gasteiger partial charge in [0, 0.05) is 27.7 Å². The van der Waals surface area contributed by atoms with Crippen molar-refractivity contribution in [2.75, 3.05) is 17.6 Å². The minimum absolute atomic E-state index is 0.100. The van der Waals surface area contributed by atoms with E-state index in [2.05, 4.69) is 10.6 Å². The molecule has 0 radical (unpaired) electrons. The molecular weight excluding hydrogens is 356 g/mol. The van der Waals surface area contributed by atoms with E-state index in [1.54, 1.807) is 36.4 Å². The zero-order valence-electron chi connectivity index (χ0n) is 14.2. The predicted octanol–water partition coefficient (Wildman–Crippen LogP) is 4.46. The van der Waals surface area contributed by atoms with Crippen molar-refractivity contribution < 1.29 is 9.59 Å². The number of hydrogen-bond donors (Lipinski definition) is 2. The van der Waals surface area contributed by atoms with Crippen LogP contribution >= 0.6 is 23.4 Å². The van der Waals surface area contributed by atoms with E-state index in [4.69, 9.17) is 11.6 Å². The Morgan fingerprint density at radius 1 is 1.04 bits per heavy atom. The Labute approximate surface area is 157 Å². The largest absolute Gasteiger partial charge is 0.352 e. The van der Waals surface area contributed by atoms with Crippen molar-refractivity contribution in [1.29, 1.82) is 0 Å². The van der Waals surface area contributed by atoms with Crippen molar-refractivity contribution in [3.63, 3.8) is 0 Å². The normalized spacial score (nSPS) is 10.6. The van der Waals surface area contributed by atoms with Crippen LogP contribution in [-0.4, -0.2) is 24.1 Å².